The second kappa shape index (κ2) is 10.1. The number of carboxylic acids is 1. The van der Waals surface area contributed by atoms with Crippen LogP contribution in [-0.2, 0) is 22.4 Å². The first-order valence-electron chi connectivity index (χ1n) is 11.0. The van der Waals surface area contributed by atoms with Gasteiger partial charge in [-0.15, -0.1) is 0 Å². The van der Waals surface area contributed by atoms with Gasteiger partial charge in [-0.1, -0.05) is 54.1 Å². The molecule has 3 N–H and O–H groups in total. The van der Waals surface area contributed by atoms with Crippen LogP contribution in [0, 0.1) is 0 Å². The quantitative estimate of drug-likeness (QED) is 0.399. The maximum atomic E-state index is 13.0. The lowest BCUT2D eigenvalue weighted by atomic mass is 9.98. The van der Waals surface area contributed by atoms with E-state index in [0.29, 0.717) is 27.5 Å². The Kier molecular flexibility index (Phi) is 7.01. The van der Waals surface area contributed by atoms with E-state index in [1.54, 1.807) is 24.3 Å². The first-order chi connectivity index (χ1) is 16.3. The maximum Gasteiger partial charge on any atom is 0.307 e. The summed E-state index contributed by atoms with van der Waals surface area (Å²) in [5.74, 6) is -1.11. The summed E-state index contributed by atoms with van der Waals surface area (Å²) in [5, 5.41) is 16.0. The van der Waals surface area contributed by atoms with Gasteiger partial charge < -0.3 is 20.6 Å². The molecule has 4 rings (SSSR count). The first kappa shape index (κ1) is 23.5. The van der Waals surface area contributed by atoms with Crippen molar-refractivity contribution in [1.29, 1.82) is 0 Å². The van der Waals surface area contributed by atoms with E-state index >= 15 is 0 Å². The highest BCUT2D eigenvalue weighted by molar-refractivity contribution is 6.38. The number of aliphatic carboxylic acids is 1. The molecule has 3 aromatic rings. The molecule has 0 atom stereocenters. The van der Waals surface area contributed by atoms with Gasteiger partial charge in [-0.2, -0.15) is 0 Å². The Morgan fingerprint density at radius 2 is 1.68 bits per heavy atom. The predicted molar refractivity (Wildman–Crippen MR) is 137 cm³/mol. The zero-order valence-electron chi connectivity index (χ0n) is 19.1. The van der Waals surface area contributed by atoms with E-state index in [0.717, 1.165) is 29.8 Å². The van der Waals surface area contributed by atoms with Crippen LogP contribution >= 0.6 is 11.6 Å². The highest BCUT2D eigenvalue weighted by atomic mass is 35.5. The van der Waals surface area contributed by atoms with Gasteiger partial charge in [-0.3, -0.25) is 9.59 Å². The Balaban J connectivity index is 1.73. The SMILES string of the molecule is CN(C)CCc1ccc(NC(=C2C(=O)Nc3cc(Cl)ccc32)c2ccc(CC(=O)O)cc2)cc1. The van der Waals surface area contributed by atoms with Crippen LogP contribution in [0.3, 0.4) is 0 Å². The molecular weight excluding hydrogens is 450 g/mol. The van der Waals surface area contributed by atoms with Gasteiger partial charge in [0.05, 0.1) is 23.4 Å². The Labute approximate surface area is 203 Å². The second-order valence-electron chi connectivity index (χ2n) is 8.54. The number of benzene rings is 3. The Morgan fingerprint density at radius 1 is 1.00 bits per heavy atom. The van der Waals surface area contributed by atoms with Crippen molar-refractivity contribution >= 4 is 46.1 Å². The zero-order valence-corrected chi connectivity index (χ0v) is 19.8. The minimum Gasteiger partial charge on any atom is -0.481 e. The first-order valence-corrected chi connectivity index (χ1v) is 11.4. The van der Waals surface area contributed by atoms with Crippen LogP contribution in [0.1, 0.15) is 22.3 Å². The lowest BCUT2D eigenvalue weighted by Crippen LogP contribution is -2.15. The van der Waals surface area contributed by atoms with Gasteiger partial charge >= 0.3 is 5.97 Å². The number of halogens is 1. The van der Waals surface area contributed by atoms with Crippen molar-refractivity contribution in [3.63, 3.8) is 0 Å². The second-order valence-corrected chi connectivity index (χ2v) is 8.97. The minimum absolute atomic E-state index is 0.0597. The average molecular weight is 476 g/mol. The summed E-state index contributed by atoms with van der Waals surface area (Å²) >= 11 is 6.13. The summed E-state index contributed by atoms with van der Waals surface area (Å²) in [4.78, 5) is 26.2. The highest BCUT2D eigenvalue weighted by Crippen LogP contribution is 2.38. The largest absolute Gasteiger partial charge is 0.481 e. The summed E-state index contributed by atoms with van der Waals surface area (Å²) in [6, 6.07) is 20.7. The van der Waals surface area contributed by atoms with E-state index < -0.39 is 5.97 Å². The van der Waals surface area contributed by atoms with Gasteiger partial charge in [0, 0.05) is 22.8 Å². The summed E-state index contributed by atoms with van der Waals surface area (Å²) < 4.78 is 0. The van der Waals surface area contributed by atoms with E-state index in [9.17, 15) is 9.59 Å². The monoisotopic (exact) mass is 475 g/mol. The third-order valence-corrected chi connectivity index (χ3v) is 5.88. The Morgan fingerprint density at radius 3 is 2.32 bits per heavy atom. The molecule has 0 fully saturated rings. The third-order valence-electron chi connectivity index (χ3n) is 5.65. The summed E-state index contributed by atoms with van der Waals surface area (Å²) in [5.41, 5.74) is 6.11. The van der Waals surface area contributed by atoms with Crippen molar-refractivity contribution in [2.45, 2.75) is 12.8 Å². The van der Waals surface area contributed by atoms with Crippen molar-refractivity contribution in [2.75, 3.05) is 31.3 Å². The van der Waals surface area contributed by atoms with Crippen LogP contribution in [0.5, 0.6) is 0 Å². The zero-order chi connectivity index (χ0) is 24.2. The number of likely N-dealkylation sites (N-methyl/N-ethyl adjacent to an activating group) is 1. The smallest absolute Gasteiger partial charge is 0.307 e. The normalized spacial score (nSPS) is 14.1. The van der Waals surface area contributed by atoms with E-state index in [2.05, 4.69) is 27.7 Å². The van der Waals surface area contributed by atoms with Crippen LogP contribution in [0.2, 0.25) is 5.02 Å². The number of rotatable bonds is 8. The molecule has 34 heavy (non-hydrogen) atoms. The topological polar surface area (TPSA) is 81.7 Å². The molecule has 6 nitrogen and oxygen atoms in total. The fourth-order valence-electron chi connectivity index (χ4n) is 3.89. The summed E-state index contributed by atoms with van der Waals surface area (Å²) in [6.07, 6.45) is 0.888. The molecule has 0 radical (unpaired) electrons. The molecule has 0 unspecified atom stereocenters. The van der Waals surface area contributed by atoms with Gasteiger partial charge in [-0.25, -0.2) is 0 Å². The van der Waals surface area contributed by atoms with Gasteiger partial charge in [0.1, 0.15) is 0 Å². The number of amides is 1. The molecule has 174 valence electrons. The fraction of sp³-hybridized carbons (Fsp3) is 0.185. The van der Waals surface area contributed by atoms with E-state index in [1.807, 2.05) is 44.4 Å². The van der Waals surface area contributed by atoms with Crippen molar-refractivity contribution < 1.29 is 14.7 Å². The number of carbonyl (C=O) groups is 2. The van der Waals surface area contributed by atoms with Gasteiger partial charge in [0.2, 0.25) is 0 Å². The molecule has 0 spiro atoms. The van der Waals surface area contributed by atoms with Crippen LogP contribution in [0.25, 0.3) is 11.3 Å². The predicted octanol–water partition coefficient (Wildman–Crippen LogP) is 5.00. The molecule has 7 heteroatoms. The number of carboxylic acid groups (broad SMARTS) is 1. The molecule has 0 aliphatic carbocycles. The van der Waals surface area contributed by atoms with E-state index in [1.165, 1.54) is 5.56 Å². The number of hydrogen-bond acceptors (Lipinski definition) is 4. The third kappa shape index (κ3) is 5.47. The van der Waals surface area contributed by atoms with Crippen LogP contribution in [0.4, 0.5) is 11.4 Å². The number of anilines is 2. The van der Waals surface area contributed by atoms with Crippen molar-refractivity contribution in [3.8, 4) is 0 Å². The highest BCUT2D eigenvalue weighted by Gasteiger charge is 2.28. The Bertz CT molecular complexity index is 1250. The maximum absolute atomic E-state index is 13.0. The number of hydrogen-bond donors (Lipinski definition) is 3. The standard InChI is InChI=1S/C27H26ClN3O3/c1-31(2)14-13-17-5-10-21(11-6-17)29-26(19-7-3-18(4-8-19)15-24(32)33)25-22-12-9-20(28)16-23(22)30-27(25)34/h3-12,16,29H,13-15H2,1-2H3,(H,30,34)(H,32,33). The molecule has 1 amide bonds. The van der Waals surface area contributed by atoms with Gasteiger partial charge in [0.25, 0.3) is 5.91 Å². The fourth-order valence-corrected chi connectivity index (χ4v) is 4.06. The van der Waals surface area contributed by atoms with Crippen molar-refractivity contribution in [1.82, 2.24) is 4.90 Å². The minimum atomic E-state index is -0.889. The molecule has 0 saturated carbocycles. The summed E-state index contributed by atoms with van der Waals surface area (Å²) in [7, 11) is 4.10. The van der Waals surface area contributed by atoms with Crippen LogP contribution in [0.15, 0.2) is 66.7 Å². The van der Waals surface area contributed by atoms with Crippen LogP contribution in [-0.4, -0.2) is 42.5 Å². The molecule has 1 aliphatic rings. The average Bonchev–Trinajstić information content (AvgIpc) is 3.11. The molecule has 0 aromatic heterocycles. The molecule has 0 bridgehead atoms. The van der Waals surface area contributed by atoms with Crippen molar-refractivity contribution in [3.05, 3.63) is 94.0 Å². The number of nitrogens with zero attached hydrogens (tertiary/aromatic N) is 1. The van der Waals surface area contributed by atoms with E-state index in [4.69, 9.17) is 16.7 Å². The van der Waals surface area contributed by atoms with E-state index in [-0.39, 0.29) is 12.3 Å². The molecule has 1 aliphatic heterocycles. The molecule has 1 heterocycles. The lowest BCUT2D eigenvalue weighted by Gasteiger charge is -2.16. The molecule has 0 saturated heterocycles. The van der Waals surface area contributed by atoms with Crippen molar-refractivity contribution in [2.24, 2.45) is 0 Å². The number of fused-ring (bicyclic) bond motifs is 1. The molecular formula is C27H26ClN3O3. The summed E-state index contributed by atoms with van der Waals surface area (Å²) in [6.45, 7) is 0.963. The number of nitrogens with one attached hydrogen (secondary N) is 2. The molecule has 3 aromatic carbocycles. The Hall–Kier alpha value is -3.61. The lowest BCUT2D eigenvalue weighted by molar-refractivity contribution is -0.136. The van der Waals surface area contributed by atoms with Gasteiger partial charge in [0.15, 0.2) is 0 Å². The van der Waals surface area contributed by atoms with Gasteiger partial charge in [-0.05, 0) is 61.5 Å². The van der Waals surface area contributed by atoms with Crippen LogP contribution < -0.4 is 10.6 Å². The number of carbonyl (C=O) groups excluding carboxylic acids is 1.